The third-order valence-electron chi connectivity index (χ3n) is 6.66. The summed E-state index contributed by atoms with van der Waals surface area (Å²) in [6.07, 6.45) is 0.317. The molecule has 0 aliphatic heterocycles. The van der Waals surface area contributed by atoms with Gasteiger partial charge in [-0.05, 0) is 69.2 Å². The van der Waals surface area contributed by atoms with Gasteiger partial charge in [-0.1, -0.05) is 37.3 Å². The Morgan fingerprint density at radius 1 is 0.860 bits per heavy atom. The van der Waals surface area contributed by atoms with Crippen LogP contribution in [0.1, 0.15) is 39.7 Å². The molecule has 3 rings (SSSR count). The Bertz CT molecular complexity index is 1490. The van der Waals surface area contributed by atoms with Gasteiger partial charge < -0.3 is 24.4 Å². The molecule has 232 valence electrons. The summed E-state index contributed by atoms with van der Waals surface area (Å²) in [4.78, 5) is 29.0. The van der Waals surface area contributed by atoms with Gasteiger partial charge in [0.2, 0.25) is 11.8 Å². The summed E-state index contributed by atoms with van der Waals surface area (Å²) in [7, 11) is 0.162. The van der Waals surface area contributed by atoms with E-state index >= 15 is 0 Å². The number of benzene rings is 3. The van der Waals surface area contributed by atoms with Crippen molar-refractivity contribution >= 4 is 27.5 Å². The summed E-state index contributed by atoms with van der Waals surface area (Å²) < 4.78 is 45.1. The summed E-state index contributed by atoms with van der Waals surface area (Å²) in [5.74, 6) is 0.375. The molecule has 1 atom stereocenters. The number of para-hydroxylation sites is 1. The van der Waals surface area contributed by atoms with E-state index in [4.69, 9.17) is 14.2 Å². The van der Waals surface area contributed by atoms with Gasteiger partial charge in [0.05, 0.1) is 31.9 Å². The number of rotatable bonds is 13. The van der Waals surface area contributed by atoms with Crippen LogP contribution in [-0.4, -0.2) is 64.6 Å². The lowest BCUT2D eigenvalue weighted by Gasteiger charge is -2.34. The van der Waals surface area contributed by atoms with E-state index in [9.17, 15) is 18.0 Å². The van der Waals surface area contributed by atoms with Crippen LogP contribution in [0.15, 0.2) is 77.7 Å². The van der Waals surface area contributed by atoms with Crippen molar-refractivity contribution in [3.8, 4) is 17.2 Å². The summed E-state index contributed by atoms with van der Waals surface area (Å²) in [5.41, 5.74) is 0.513. The minimum Gasteiger partial charge on any atom is -0.497 e. The highest BCUT2D eigenvalue weighted by Gasteiger charge is 2.35. The number of hydrogen-bond donors (Lipinski definition) is 1. The molecular weight excluding hydrogens is 570 g/mol. The van der Waals surface area contributed by atoms with E-state index in [0.29, 0.717) is 23.6 Å². The van der Waals surface area contributed by atoms with E-state index in [0.717, 1.165) is 9.87 Å². The lowest BCUT2D eigenvalue weighted by molar-refractivity contribution is -0.141. The normalized spacial score (nSPS) is 12.2. The molecule has 0 saturated heterocycles. The number of carbonyl (C=O) groups is 2. The second-order valence-corrected chi connectivity index (χ2v) is 12.8. The maximum Gasteiger partial charge on any atom is 0.264 e. The predicted octanol–water partition coefficient (Wildman–Crippen LogP) is 4.63. The first-order chi connectivity index (χ1) is 20.3. The average Bonchev–Trinajstić information content (AvgIpc) is 2.98. The van der Waals surface area contributed by atoms with Gasteiger partial charge in [0.1, 0.15) is 18.3 Å². The van der Waals surface area contributed by atoms with Crippen LogP contribution in [0.3, 0.4) is 0 Å². The molecule has 2 amide bonds. The van der Waals surface area contributed by atoms with Crippen molar-refractivity contribution in [1.82, 2.24) is 10.2 Å². The molecule has 0 bridgehead atoms. The number of methoxy groups -OCH3 is 3. The van der Waals surface area contributed by atoms with Crippen LogP contribution in [-0.2, 0) is 26.2 Å². The SMILES string of the molecule is CCC(C(=O)NC(C)(C)C)N(Cc1ccc(OC)cc1)C(=O)CN(c1ccccc1)S(=O)(=O)c1ccc(OC)c(OC)c1. The first-order valence-electron chi connectivity index (χ1n) is 13.9. The van der Waals surface area contributed by atoms with Crippen LogP contribution in [0.2, 0.25) is 0 Å². The number of ether oxygens (including phenoxy) is 3. The zero-order chi connectivity index (χ0) is 31.8. The Hall–Kier alpha value is -4.25. The van der Waals surface area contributed by atoms with Crippen molar-refractivity contribution in [2.75, 3.05) is 32.2 Å². The van der Waals surface area contributed by atoms with Crippen LogP contribution in [0.4, 0.5) is 5.69 Å². The van der Waals surface area contributed by atoms with Crippen molar-refractivity contribution in [3.63, 3.8) is 0 Å². The molecule has 0 aliphatic carbocycles. The number of hydrogen-bond acceptors (Lipinski definition) is 7. The van der Waals surface area contributed by atoms with Crippen molar-refractivity contribution < 1.29 is 32.2 Å². The predicted molar refractivity (Wildman–Crippen MR) is 166 cm³/mol. The molecule has 0 heterocycles. The molecule has 0 spiro atoms. The zero-order valence-corrected chi connectivity index (χ0v) is 26.6. The Morgan fingerprint density at radius 3 is 2.02 bits per heavy atom. The molecule has 0 aliphatic rings. The highest BCUT2D eigenvalue weighted by atomic mass is 32.2. The third-order valence-corrected chi connectivity index (χ3v) is 8.43. The van der Waals surface area contributed by atoms with E-state index in [1.807, 2.05) is 39.8 Å². The smallest absolute Gasteiger partial charge is 0.264 e. The second kappa shape index (κ2) is 14.3. The topological polar surface area (TPSA) is 114 Å². The largest absolute Gasteiger partial charge is 0.497 e. The van der Waals surface area contributed by atoms with E-state index in [2.05, 4.69) is 5.32 Å². The minimum absolute atomic E-state index is 0.0813. The first kappa shape index (κ1) is 33.3. The molecule has 3 aromatic carbocycles. The van der Waals surface area contributed by atoms with E-state index in [1.54, 1.807) is 49.6 Å². The molecule has 1 N–H and O–H groups in total. The summed E-state index contributed by atoms with van der Waals surface area (Å²) in [6.45, 7) is 6.94. The Balaban J connectivity index is 2.08. The molecule has 0 radical (unpaired) electrons. The lowest BCUT2D eigenvalue weighted by atomic mass is 10.1. The summed E-state index contributed by atoms with van der Waals surface area (Å²) in [6, 6.07) is 18.9. The average molecular weight is 612 g/mol. The Morgan fingerprint density at radius 2 is 1.49 bits per heavy atom. The molecule has 1 unspecified atom stereocenters. The molecule has 0 aromatic heterocycles. The van der Waals surface area contributed by atoms with Gasteiger partial charge in [-0.15, -0.1) is 0 Å². The molecule has 0 saturated carbocycles. The minimum atomic E-state index is -4.27. The third kappa shape index (κ3) is 8.41. The fourth-order valence-electron chi connectivity index (χ4n) is 4.53. The van der Waals surface area contributed by atoms with Crippen molar-refractivity contribution in [2.24, 2.45) is 0 Å². The summed E-state index contributed by atoms with van der Waals surface area (Å²) >= 11 is 0. The van der Waals surface area contributed by atoms with E-state index in [1.165, 1.54) is 37.3 Å². The first-order valence-corrected chi connectivity index (χ1v) is 15.3. The van der Waals surface area contributed by atoms with Crippen molar-refractivity contribution in [3.05, 3.63) is 78.4 Å². The molecule has 10 nitrogen and oxygen atoms in total. The van der Waals surface area contributed by atoms with Gasteiger partial charge in [0.15, 0.2) is 11.5 Å². The van der Waals surface area contributed by atoms with Gasteiger partial charge in [0, 0.05) is 18.2 Å². The van der Waals surface area contributed by atoms with Crippen LogP contribution in [0, 0.1) is 0 Å². The van der Waals surface area contributed by atoms with Crippen LogP contribution in [0.25, 0.3) is 0 Å². The fourth-order valence-corrected chi connectivity index (χ4v) is 5.96. The quantitative estimate of drug-likeness (QED) is 0.300. The number of carbonyl (C=O) groups excluding carboxylic acids is 2. The Labute approximate surface area is 254 Å². The van der Waals surface area contributed by atoms with Crippen molar-refractivity contribution in [1.29, 1.82) is 0 Å². The van der Waals surface area contributed by atoms with Crippen molar-refractivity contribution in [2.45, 2.75) is 57.1 Å². The van der Waals surface area contributed by atoms with E-state index in [-0.39, 0.29) is 23.1 Å². The number of nitrogens with zero attached hydrogens (tertiary/aromatic N) is 2. The van der Waals surface area contributed by atoms with Crippen LogP contribution >= 0.6 is 0 Å². The number of nitrogens with one attached hydrogen (secondary N) is 1. The summed E-state index contributed by atoms with van der Waals surface area (Å²) in [5, 5.41) is 2.96. The fraction of sp³-hybridized carbons (Fsp3) is 0.375. The molecular formula is C32H41N3O7S. The Kier molecular flexibility index (Phi) is 11.0. The van der Waals surface area contributed by atoms with Gasteiger partial charge >= 0.3 is 0 Å². The molecule has 3 aromatic rings. The monoisotopic (exact) mass is 611 g/mol. The van der Waals surface area contributed by atoms with Gasteiger partial charge in [0.25, 0.3) is 10.0 Å². The van der Waals surface area contributed by atoms with Gasteiger partial charge in [-0.2, -0.15) is 0 Å². The maximum absolute atomic E-state index is 14.2. The van der Waals surface area contributed by atoms with Gasteiger partial charge in [-0.3, -0.25) is 13.9 Å². The number of amides is 2. The molecule has 11 heteroatoms. The molecule has 0 fully saturated rings. The highest BCUT2D eigenvalue weighted by molar-refractivity contribution is 7.92. The molecule has 43 heavy (non-hydrogen) atoms. The maximum atomic E-state index is 14.2. The second-order valence-electron chi connectivity index (χ2n) is 10.9. The van der Waals surface area contributed by atoms with Crippen LogP contribution < -0.4 is 23.8 Å². The van der Waals surface area contributed by atoms with Crippen LogP contribution in [0.5, 0.6) is 17.2 Å². The lowest BCUT2D eigenvalue weighted by Crippen LogP contribution is -2.55. The highest BCUT2D eigenvalue weighted by Crippen LogP contribution is 2.32. The van der Waals surface area contributed by atoms with E-state index < -0.39 is 34.1 Å². The number of anilines is 1. The van der Waals surface area contributed by atoms with Gasteiger partial charge in [-0.25, -0.2) is 8.42 Å². The standard InChI is InChI=1S/C32H41N3O7S/c1-8-27(31(37)33-32(2,3)4)34(21-23-14-16-25(40-5)17-15-23)30(36)22-35(24-12-10-9-11-13-24)43(38,39)26-18-19-28(41-6)29(20-26)42-7/h9-20,27H,8,21-22H2,1-7H3,(H,33,37). The number of sulfonamides is 1. The zero-order valence-electron chi connectivity index (χ0n) is 25.8.